The first-order valence-corrected chi connectivity index (χ1v) is 9.36. The summed E-state index contributed by atoms with van der Waals surface area (Å²) in [5.74, 6) is 0.621. The van der Waals surface area contributed by atoms with Gasteiger partial charge in [0.15, 0.2) is 0 Å². The van der Waals surface area contributed by atoms with Crippen molar-refractivity contribution in [1.82, 2.24) is 4.90 Å². The average molecular weight is 347 g/mol. The third-order valence-electron chi connectivity index (χ3n) is 4.45. The maximum atomic E-state index is 10.2. The molecule has 144 valence electrons. The van der Waals surface area contributed by atoms with Gasteiger partial charge in [0.2, 0.25) is 0 Å². The molecule has 0 aromatic carbocycles. The van der Waals surface area contributed by atoms with Crippen molar-refractivity contribution in [2.24, 2.45) is 5.92 Å². The van der Waals surface area contributed by atoms with Crippen LogP contribution >= 0.6 is 0 Å². The molecule has 1 fully saturated rings. The highest BCUT2D eigenvalue weighted by Crippen LogP contribution is 2.24. The molecule has 0 bridgehead atoms. The van der Waals surface area contributed by atoms with Crippen LogP contribution in [0.25, 0.3) is 0 Å². The molecule has 1 rings (SSSR count). The third-order valence-corrected chi connectivity index (χ3v) is 4.45. The molecule has 0 amide bonds. The Hall–Kier alpha value is -0.240. The molecule has 24 heavy (non-hydrogen) atoms. The van der Waals surface area contributed by atoms with E-state index in [4.69, 9.17) is 14.2 Å². The molecule has 0 radical (unpaired) electrons. The number of hydrogen-bond acceptors (Lipinski definition) is 6. The molecule has 6 nitrogen and oxygen atoms in total. The van der Waals surface area contributed by atoms with Crippen molar-refractivity contribution < 1.29 is 24.4 Å². The van der Waals surface area contributed by atoms with Gasteiger partial charge in [-0.3, -0.25) is 0 Å². The van der Waals surface area contributed by atoms with Crippen molar-refractivity contribution >= 4 is 0 Å². The summed E-state index contributed by atoms with van der Waals surface area (Å²) < 4.78 is 16.5. The van der Waals surface area contributed by atoms with Gasteiger partial charge in [0, 0.05) is 26.3 Å². The molecule has 1 saturated carbocycles. The van der Waals surface area contributed by atoms with Crippen LogP contribution in [0, 0.1) is 5.92 Å². The summed E-state index contributed by atoms with van der Waals surface area (Å²) in [6, 6.07) is 0. The molecule has 0 aromatic rings. The van der Waals surface area contributed by atoms with Gasteiger partial charge < -0.3 is 29.3 Å². The molecule has 0 aromatic heterocycles. The fraction of sp³-hybridized carbons (Fsp3) is 1.00. The molecule has 2 N–H and O–H groups in total. The van der Waals surface area contributed by atoms with E-state index < -0.39 is 6.10 Å². The van der Waals surface area contributed by atoms with E-state index in [9.17, 15) is 10.2 Å². The summed E-state index contributed by atoms with van der Waals surface area (Å²) in [5, 5.41) is 19.8. The highest BCUT2D eigenvalue weighted by atomic mass is 16.6. The van der Waals surface area contributed by atoms with Gasteiger partial charge in [0.25, 0.3) is 0 Å². The van der Waals surface area contributed by atoms with Crippen molar-refractivity contribution in [3.8, 4) is 0 Å². The lowest BCUT2D eigenvalue weighted by Gasteiger charge is -2.30. The predicted octanol–water partition coefficient (Wildman–Crippen LogP) is 1.29. The minimum Gasteiger partial charge on any atom is -0.393 e. The Balaban J connectivity index is 2.21. The summed E-state index contributed by atoms with van der Waals surface area (Å²) in [5.41, 5.74) is 0. The van der Waals surface area contributed by atoms with Crippen LogP contribution in [-0.2, 0) is 14.2 Å². The second kappa shape index (κ2) is 13.0. The largest absolute Gasteiger partial charge is 0.393 e. The third kappa shape index (κ3) is 9.91. The molecule has 0 spiro atoms. The number of likely N-dealkylation sites (N-methyl/N-ethyl adjacent to an activating group) is 1. The predicted molar refractivity (Wildman–Crippen MR) is 94.2 cm³/mol. The van der Waals surface area contributed by atoms with E-state index in [1.807, 2.05) is 20.9 Å². The van der Waals surface area contributed by atoms with Gasteiger partial charge in [-0.2, -0.15) is 0 Å². The molecule has 1 unspecified atom stereocenters. The van der Waals surface area contributed by atoms with Crippen molar-refractivity contribution in [3.63, 3.8) is 0 Å². The summed E-state index contributed by atoms with van der Waals surface area (Å²) in [7, 11) is 2.03. The molecule has 0 aliphatic heterocycles. The van der Waals surface area contributed by atoms with Gasteiger partial charge >= 0.3 is 0 Å². The second-order valence-corrected chi connectivity index (χ2v) is 6.82. The van der Waals surface area contributed by atoms with E-state index in [-0.39, 0.29) is 12.2 Å². The Labute approximate surface area is 147 Å². The quantitative estimate of drug-likeness (QED) is 0.523. The fourth-order valence-corrected chi connectivity index (χ4v) is 3.15. The van der Waals surface area contributed by atoms with Crippen LogP contribution in [0.15, 0.2) is 0 Å². The van der Waals surface area contributed by atoms with Gasteiger partial charge in [0.05, 0.1) is 32.0 Å². The first-order chi connectivity index (χ1) is 11.5. The lowest BCUT2D eigenvalue weighted by atomic mass is 9.87. The minimum atomic E-state index is -0.519. The normalized spacial score (nSPS) is 23.1. The SMILES string of the molecule is CCOCC(COCC)OCC(O)CN(C)CC1CCC(O)CC1. The highest BCUT2D eigenvalue weighted by molar-refractivity contribution is 4.74. The number of aliphatic hydroxyl groups excluding tert-OH is 2. The lowest BCUT2D eigenvalue weighted by Crippen LogP contribution is -2.38. The summed E-state index contributed by atoms with van der Waals surface area (Å²) >= 11 is 0. The highest BCUT2D eigenvalue weighted by Gasteiger charge is 2.21. The number of ether oxygens (including phenoxy) is 3. The van der Waals surface area contributed by atoms with Gasteiger partial charge in [0.1, 0.15) is 6.10 Å². The van der Waals surface area contributed by atoms with Crippen LogP contribution in [0.3, 0.4) is 0 Å². The van der Waals surface area contributed by atoms with Crippen molar-refractivity contribution in [3.05, 3.63) is 0 Å². The second-order valence-electron chi connectivity index (χ2n) is 6.82. The first-order valence-electron chi connectivity index (χ1n) is 9.36. The Bertz CT molecular complexity index is 289. The van der Waals surface area contributed by atoms with Crippen molar-refractivity contribution in [1.29, 1.82) is 0 Å². The van der Waals surface area contributed by atoms with Gasteiger partial charge in [-0.1, -0.05) is 0 Å². The van der Waals surface area contributed by atoms with Crippen molar-refractivity contribution in [2.45, 2.75) is 57.8 Å². The number of rotatable bonds is 13. The van der Waals surface area contributed by atoms with Crippen molar-refractivity contribution in [2.75, 3.05) is 53.2 Å². The monoisotopic (exact) mass is 347 g/mol. The molecule has 1 atom stereocenters. The smallest absolute Gasteiger partial charge is 0.104 e. The molecular weight excluding hydrogens is 310 g/mol. The molecule has 1 aliphatic rings. The van der Waals surface area contributed by atoms with Crippen LogP contribution in [-0.4, -0.2) is 86.6 Å². The summed E-state index contributed by atoms with van der Waals surface area (Å²) in [4.78, 5) is 2.16. The van der Waals surface area contributed by atoms with E-state index in [1.165, 1.54) is 0 Å². The van der Waals surface area contributed by atoms with Crippen LogP contribution in [0.1, 0.15) is 39.5 Å². The standard InChI is InChI=1S/C18H37NO5/c1-4-22-13-18(14-23-5-2)24-12-17(21)11-19(3)10-15-6-8-16(20)9-7-15/h15-18,20-21H,4-14H2,1-3H3. The molecule has 6 heteroatoms. The zero-order valence-corrected chi connectivity index (χ0v) is 15.7. The Morgan fingerprint density at radius 3 is 2.12 bits per heavy atom. The van der Waals surface area contributed by atoms with E-state index in [0.717, 1.165) is 32.2 Å². The van der Waals surface area contributed by atoms with E-state index in [1.54, 1.807) is 0 Å². The van der Waals surface area contributed by atoms with Crippen LogP contribution in [0.5, 0.6) is 0 Å². The topological polar surface area (TPSA) is 71.4 Å². The number of hydrogen-bond donors (Lipinski definition) is 2. The molecule has 1 aliphatic carbocycles. The Morgan fingerprint density at radius 2 is 1.58 bits per heavy atom. The Morgan fingerprint density at radius 1 is 1.00 bits per heavy atom. The Kier molecular flexibility index (Phi) is 11.8. The van der Waals surface area contributed by atoms with E-state index in [0.29, 0.717) is 45.5 Å². The van der Waals surface area contributed by atoms with Gasteiger partial charge in [-0.05, 0) is 52.5 Å². The number of nitrogens with zero attached hydrogens (tertiary/aromatic N) is 1. The number of aliphatic hydroxyl groups is 2. The molecule has 0 heterocycles. The van der Waals surface area contributed by atoms with Crippen LogP contribution in [0.4, 0.5) is 0 Å². The summed E-state index contributed by atoms with van der Waals surface area (Å²) in [6.07, 6.45) is 3.19. The fourth-order valence-electron chi connectivity index (χ4n) is 3.15. The van der Waals surface area contributed by atoms with Gasteiger partial charge in [-0.15, -0.1) is 0 Å². The van der Waals surface area contributed by atoms with E-state index >= 15 is 0 Å². The molecule has 0 saturated heterocycles. The zero-order chi connectivity index (χ0) is 17.8. The average Bonchev–Trinajstić information content (AvgIpc) is 2.56. The maximum absolute atomic E-state index is 10.2. The van der Waals surface area contributed by atoms with Gasteiger partial charge in [-0.25, -0.2) is 0 Å². The zero-order valence-electron chi connectivity index (χ0n) is 15.7. The first kappa shape index (κ1) is 21.8. The minimum absolute atomic E-state index is 0.113. The maximum Gasteiger partial charge on any atom is 0.104 e. The summed E-state index contributed by atoms with van der Waals surface area (Å²) in [6.45, 7) is 8.02. The molecular formula is C18H37NO5. The van der Waals surface area contributed by atoms with Crippen LogP contribution in [0.2, 0.25) is 0 Å². The lowest BCUT2D eigenvalue weighted by molar-refractivity contribution is -0.0821. The van der Waals surface area contributed by atoms with E-state index in [2.05, 4.69) is 4.90 Å². The van der Waals surface area contributed by atoms with Crippen LogP contribution < -0.4 is 0 Å².